The summed E-state index contributed by atoms with van der Waals surface area (Å²) in [5.74, 6) is -1.05. The van der Waals surface area contributed by atoms with Crippen LogP contribution in [0, 0.1) is 0 Å². The molecular formula is C17H18F3NO4. The number of halogens is 3. The molecule has 0 bridgehead atoms. The van der Waals surface area contributed by atoms with Gasteiger partial charge in [0.25, 0.3) is 0 Å². The first kappa shape index (κ1) is 18.8. The van der Waals surface area contributed by atoms with Crippen molar-refractivity contribution in [3.05, 3.63) is 35.4 Å². The molecule has 0 aliphatic carbocycles. The van der Waals surface area contributed by atoms with E-state index in [2.05, 4.69) is 0 Å². The average molecular weight is 357 g/mol. The van der Waals surface area contributed by atoms with E-state index in [9.17, 15) is 22.8 Å². The van der Waals surface area contributed by atoms with Crippen LogP contribution in [0.5, 0.6) is 11.5 Å². The minimum atomic E-state index is -4.96. The third-order valence-electron chi connectivity index (χ3n) is 4.08. The van der Waals surface area contributed by atoms with Crippen LogP contribution in [-0.4, -0.2) is 44.0 Å². The standard InChI is InChI=1S/C17H18F3NO4/c1-24-14-9-11-6-7-21(16(23)17(18,19)20)13(5-3-4-8-22)12(11)10-15(14)25-2/h3-4,8-10,13H,5-7H2,1-2H3/b4-3+. The Bertz CT molecular complexity index is 685. The first-order valence-electron chi connectivity index (χ1n) is 7.56. The molecule has 1 aliphatic heterocycles. The van der Waals surface area contributed by atoms with Crippen molar-refractivity contribution in [2.75, 3.05) is 20.8 Å². The van der Waals surface area contributed by atoms with Crippen LogP contribution in [-0.2, 0) is 16.0 Å². The van der Waals surface area contributed by atoms with E-state index in [1.165, 1.54) is 26.4 Å². The van der Waals surface area contributed by atoms with Crippen LogP contribution in [0.2, 0.25) is 0 Å². The smallest absolute Gasteiger partial charge is 0.471 e. The second kappa shape index (κ2) is 7.58. The number of hydrogen-bond acceptors (Lipinski definition) is 4. The number of carbonyl (C=O) groups excluding carboxylic acids is 2. The Labute approximate surface area is 143 Å². The molecule has 0 aromatic heterocycles. The maximum absolute atomic E-state index is 12.9. The van der Waals surface area contributed by atoms with Gasteiger partial charge in [0.1, 0.15) is 6.29 Å². The summed E-state index contributed by atoms with van der Waals surface area (Å²) in [6.45, 7) is -0.0690. The number of benzene rings is 1. The van der Waals surface area contributed by atoms with Gasteiger partial charge in [-0.05, 0) is 42.2 Å². The molecule has 1 unspecified atom stereocenters. The fourth-order valence-corrected chi connectivity index (χ4v) is 2.95. The number of fused-ring (bicyclic) bond motifs is 1. The molecule has 0 saturated carbocycles. The van der Waals surface area contributed by atoms with Crippen molar-refractivity contribution in [2.24, 2.45) is 0 Å². The summed E-state index contributed by atoms with van der Waals surface area (Å²) < 4.78 is 49.2. The van der Waals surface area contributed by atoms with Crippen LogP contribution in [0.1, 0.15) is 23.6 Å². The van der Waals surface area contributed by atoms with Gasteiger partial charge in [-0.15, -0.1) is 0 Å². The molecule has 25 heavy (non-hydrogen) atoms. The molecule has 2 rings (SSSR count). The Morgan fingerprint density at radius 3 is 2.48 bits per heavy atom. The van der Waals surface area contributed by atoms with E-state index in [0.717, 1.165) is 10.5 Å². The third-order valence-corrected chi connectivity index (χ3v) is 4.08. The van der Waals surface area contributed by atoms with E-state index >= 15 is 0 Å². The number of aldehydes is 1. The third kappa shape index (κ3) is 3.94. The Kier molecular flexibility index (Phi) is 5.71. The monoisotopic (exact) mass is 357 g/mol. The van der Waals surface area contributed by atoms with Crippen LogP contribution in [0.3, 0.4) is 0 Å². The highest BCUT2D eigenvalue weighted by Crippen LogP contribution is 2.40. The zero-order chi connectivity index (χ0) is 18.6. The lowest BCUT2D eigenvalue weighted by atomic mass is 9.89. The summed E-state index contributed by atoms with van der Waals surface area (Å²) in [4.78, 5) is 23.1. The molecule has 1 amide bonds. The van der Waals surface area contributed by atoms with Crippen LogP contribution in [0.25, 0.3) is 0 Å². The minimum absolute atomic E-state index is 0.0690. The SMILES string of the molecule is COc1cc2c(cc1OC)C(C/C=C/C=O)N(C(=O)C(F)(F)F)CC2. The Balaban J connectivity index is 2.49. The van der Waals surface area contributed by atoms with Crippen molar-refractivity contribution in [2.45, 2.75) is 25.1 Å². The first-order chi connectivity index (χ1) is 11.8. The number of methoxy groups -OCH3 is 2. The van der Waals surface area contributed by atoms with Gasteiger partial charge >= 0.3 is 12.1 Å². The summed E-state index contributed by atoms with van der Waals surface area (Å²) in [5.41, 5.74) is 1.34. The topological polar surface area (TPSA) is 55.8 Å². The average Bonchev–Trinajstić information content (AvgIpc) is 2.59. The highest BCUT2D eigenvalue weighted by Gasteiger charge is 2.46. The van der Waals surface area contributed by atoms with Gasteiger partial charge in [-0.25, -0.2) is 0 Å². The van der Waals surface area contributed by atoms with Gasteiger partial charge < -0.3 is 14.4 Å². The van der Waals surface area contributed by atoms with Crippen molar-refractivity contribution in [3.8, 4) is 11.5 Å². The number of hydrogen-bond donors (Lipinski definition) is 0. The van der Waals surface area contributed by atoms with Crippen LogP contribution < -0.4 is 9.47 Å². The normalized spacial score (nSPS) is 17.3. The predicted octanol–water partition coefficient (Wildman–Crippen LogP) is 2.84. The highest BCUT2D eigenvalue weighted by molar-refractivity contribution is 5.82. The van der Waals surface area contributed by atoms with Crippen molar-refractivity contribution < 1.29 is 32.2 Å². The molecule has 0 spiro atoms. The summed E-state index contributed by atoms with van der Waals surface area (Å²) in [6.07, 6.45) is -1.42. The van der Waals surface area contributed by atoms with E-state index < -0.39 is 18.1 Å². The second-order valence-electron chi connectivity index (χ2n) is 5.47. The number of amides is 1. The lowest BCUT2D eigenvalue weighted by Gasteiger charge is -2.37. The van der Waals surface area contributed by atoms with Gasteiger partial charge in [0.05, 0.1) is 20.3 Å². The lowest BCUT2D eigenvalue weighted by Crippen LogP contribution is -2.46. The zero-order valence-electron chi connectivity index (χ0n) is 13.8. The largest absolute Gasteiger partial charge is 0.493 e. The second-order valence-corrected chi connectivity index (χ2v) is 5.47. The Morgan fingerprint density at radius 1 is 1.28 bits per heavy atom. The summed E-state index contributed by atoms with van der Waals surface area (Å²) in [7, 11) is 2.89. The molecule has 136 valence electrons. The molecular weight excluding hydrogens is 339 g/mol. The fourth-order valence-electron chi connectivity index (χ4n) is 2.95. The maximum atomic E-state index is 12.9. The van der Waals surface area contributed by atoms with Gasteiger partial charge in [-0.2, -0.15) is 13.2 Å². The molecule has 1 aromatic rings. The summed E-state index contributed by atoms with van der Waals surface area (Å²) >= 11 is 0. The van der Waals surface area contributed by atoms with E-state index in [-0.39, 0.29) is 19.4 Å². The molecule has 0 N–H and O–H groups in total. The quantitative estimate of drug-likeness (QED) is 0.601. The molecule has 1 atom stereocenters. The van der Waals surface area contributed by atoms with E-state index in [1.807, 2.05) is 0 Å². The number of allylic oxidation sites excluding steroid dienone is 1. The van der Waals surface area contributed by atoms with Gasteiger partial charge in [0.15, 0.2) is 11.5 Å². The van der Waals surface area contributed by atoms with Gasteiger partial charge in [0, 0.05) is 6.54 Å². The molecule has 8 heteroatoms. The molecule has 0 fully saturated rings. The van der Waals surface area contributed by atoms with E-state index in [1.54, 1.807) is 12.1 Å². The van der Waals surface area contributed by atoms with Crippen molar-refractivity contribution in [3.63, 3.8) is 0 Å². The van der Waals surface area contributed by atoms with Crippen LogP contribution in [0.4, 0.5) is 13.2 Å². The number of alkyl halides is 3. The number of nitrogens with zero attached hydrogens (tertiary/aromatic N) is 1. The van der Waals surface area contributed by atoms with E-state index in [0.29, 0.717) is 23.3 Å². The van der Waals surface area contributed by atoms with Crippen LogP contribution in [0.15, 0.2) is 24.3 Å². The summed E-state index contributed by atoms with van der Waals surface area (Å²) in [5, 5.41) is 0. The molecule has 0 saturated heterocycles. The summed E-state index contributed by atoms with van der Waals surface area (Å²) in [6, 6.07) is 2.46. The number of rotatable bonds is 5. The first-order valence-corrected chi connectivity index (χ1v) is 7.56. The molecule has 5 nitrogen and oxygen atoms in total. The molecule has 1 aromatic carbocycles. The van der Waals surface area contributed by atoms with Gasteiger partial charge in [-0.1, -0.05) is 6.08 Å². The Morgan fingerprint density at radius 2 is 1.92 bits per heavy atom. The van der Waals surface area contributed by atoms with Crippen molar-refractivity contribution in [1.29, 1.82) is 0 Å². The minimum Gasteiger partial charge on any atom is -0.493 e. The lowest BCUT2D eigenvalue weighted by molar-refractivity contribution is -0.188. The Hall–Kier alpha value is -2.51. The maximum Gasteiger partial charge on any atom is 0.471 e. The van der Waals surface area contributed by atoms with Crippen LogP contribution >= 0.6 is 0 Å². The zero-order valence-corrected chi connectivity index (χ0v) is 13.8. The predicted molar refractivity (Wildman–Crippen MR) is 83.6 cm³/mol. The van der Waals surface area contributed by atoms with Gasteiger partial charge in [0.2, 0.25) is 0 Å². The van der Waals surface area contributed by atoms with Crippen molar-refractivity contribution >= 4 is 12.2 Å². The van der Waals surface area contributed by atoms with Crippen molar-refractivity contribution in [1.82, 2.24) is 4.90 Å². The fraction of sp³-hybridized carbons (Fsp3) is 0.412. The number of carbonyl (C=O) groups is 2. The van der Waals surface area contributed by atoms with E-state index in [4.69, 9.17) is 9.47 Å². The molecule has 0 radical (unpaired) electrons. The highest BCUT2D eigenvalue weighted by atomic mass is 19.4. The number of ether oxygens (including phenoxy) is 2. The van der Waals surface area contributed by atoms with Gasteiger partial charge in [-0.3, -0.25) is 9.59 Å². The molecule has 1 aliphatic rings. The molecule has 1 heterocycles.